The zero-order valence-corrected chi connectivity index (χ0v) is 15.3. The highest BCUT2D eigenvalue weighted by Gasteiger charge is 2.26. The van der Waals surface area contributed by atoms with Gasteiger partial charge in [0.1, 0.15) is 0 Å². The first-order valence-electron chi connectivity index (χ1n) is 8.78. The number of aryl methyl sites for hydroxylation is 1. The van der Waals surface area contributed by atoms with Crippen LogP contribution in [-0.2, 0) is 4.74 Å². The summed E-state index contributed by atoms with van der Waals surface area (Å²) in [6.45, 7) is 5.39. The lowest BCUT2D eigenvalue weighted by Gasteiger charge is -2.35. The number of alkyl halides is 3. The van der Waals surface area contributed by atoms with Gasteiger partial charge in [-0.05, 0) is 12.5 Å². The van der Waals surface area contributed by atoms with Crippen LogP contribution in [0, 0.1) is 6.92 Å². The fourth-order valence-electron chi connectivity index (χ4n) is 2.87. The van der Waals surface area contributed by atoms with Gasteiger partial charge in [-0.3, -0.25) is 9.89 Å². The molecule has 0 aliphatic carbocycles. The molecule has 0 saturated carbocycles. The van der Waals surface area contributed by atoms with Gasteiger partial charge in [-0.2, -0.15) is 13.2 Å². The Morgan fingerprint density at radius 2 is 1.85 bits per heavy atom. The summed E-state index contributed by atoms with van der Waals surface area (Å²) in [6, 6.07) is 8.42. The highest BCUT2D eigenvalue weighted by atomic mass is 19.4. The van der Waals surface area contributed by atoms with E-state index < -0.39 is 12.6 Å². The van der Waals surface area contributed by atoms with E-state index in [1.165, 1.54) is 5.56 Å². The van der Waals surface area contributed by atoms with Crippen molar-refractivity contribution in [3.8, 4) is 0 Å². The summed E-state index contributed by atoms with van der Waals surface area (Å²) in [6.07, 6.45) is -5.07. The molecule has 1 unspecified atom stereocenters. The maximum absolute atomic E-state index is 12.3. The van der Waals surface area contributed by atoms with Gasteiger partial charge in [0.15, 0.2) is 5.96 Å². The standard InChI is InChI=1S/C18H27F3N4O/c1-14-3-5-15(6-4-14)16(25-9-11-26-12-10-25)13-24-17(22-2)23-8-7-18(19,20)21/h3-6,16H,7-13H2,1-2H3,(H2,22,23,24). The molecule has 0 radical (unpaired) electrons. The molecule has 1 aliphatic rings. The normalized spacial score (nSPS) is 17.8. The van der Waals surface area contributed by atoms with Crippen LogP contribution in [0.25, 0.3) is 0 Å². The van der Waals surface area contributed by atoms with Crippen molar-refractivity contribution in [2.75, 3.05) is 46.4 Å². The number of hydrogen-bond donors (Lipinski definition) is 2. The Bertz CT molecular complexity index is 569. The number of nitrogens with zero attached hydrogens (tertiary/aromatic N) is 2. The van der Waals surface area contributed by atoms with Crippen LogP contribution in [0.3, 0.4) is 0 Å². The Labute approximate surface area is 152 Å². The van der Waals surface area contributed by atoms with E-state index in [4.69, 9.17) is 4.74 Å². The van der Waals surface area contributed by atoms with E-state index in [2.05, 4.69) is 44.8 Å². The minimum absolute atomic E-state index is 0.0978. The second-order valence-corrected chi connectivity index (χ2v) is 6.32. The van der Waals surface area contributed by atoms with Crippen LogP contribution < -0.4 is 10.6 Å². The van der Waals surface area contributed by atoms with Gasteiger partial charge in [-0.25, -0.2) is 0 Å². The minimum Gasteiger partial charge on any atom is -0.379 e. The van der Waals surface area contributed by atoms with Crippen LogP contribution in [0.1, 0.15) is 23.6 Å². The molecule has 2 rings (SSSR count). The fourth-order valence-corrected chi connectivity index (χ4v) is 2.87. The van der Waals surface area contributed by atoms with Crippen molar-refractivity contribution >= 4 is 5.96 Å². The van der Waals surface area contributed by atoms with Crippen LogP contribution in [0.15, 0.2) is 29.3 Å². The van der Waals surface area contributed by atoms with Crippen LogP contribution >= 0.6 is 0 Å². The maximum atomic E-state index is 12.3. The van der Waals surface area contributed by atoms with Gasteiger partial charge in [-0.15, -0.1) is 0 Å². The molecule has 1 fully saturated rings. The second kappa shape index (κ2) is 9.78. The number of guanidine groups is 1. The number of hydrogen-bond acceptors (Lipinski definition) is 3. The average Bonchev–Trinajstić information content (AvgIpc) is 2.61. The summed E-state index contributed by atoms with van der Waals surface area (Å²) in [5, 5.41) is 5.88. The molecule has 1 aromatic carbocycles. The van der Waals surface area contributed by atoms with Gasteiger partial charge < -0.3 is 15.4 Å². The van der Waals surface area contributed by atoms with Crippen molar-refractivity contribution < 1.29 is 17.9 Å². The number of halogens is 3. The van der Waals surface area contributed by atoms with E-state index in [1.807, 2.05) is 6.92 Å². The highest BCUT2D eigenvalue weighted by molar-refractivity contribution is 5.79. The quantitative estimate of drug-likeness (QED) is 0.595. The van der Waals surface area contributed by atoms with Gasteiger partial charge >= 0.3 is 6.18 Å². The van der Waals surface area contributed by atoms with Crippen LogP contribution in [0.2, 0.25) is 0 Å². The number of nitrogens with one attached hydrogen (secondary N) is 2. The number of morpholine rings is 1. The molecule has 1 atom stereocenters. The summed E-state index contributed by atoms with van der Waals surface area (Å²) in [5.74, 6) is 0.375. The van der Waals surface area contributed by atoms with Gasteiger partial charge in [0.2, 0.25) is 0 Å². The Hall–Kier alpha value is -1.80. The second-order valence-electron chi connectivity index (χ2n) is 6.32. The summed E-state index contributed by atoms with van der Waals surface area (Å²) < 4.78 is 42.3. The Kier molecular flexibility index (Phi) is 7.71. The first-order valence-corrected chi connectivity index (χ1v) is 8.78. The van der Waals surface area contributed by atoms with E-state index in [0.717, 1.165) is 18.7 Å². The molecule has 5 nitrogen and oxygen atoms in total. The lowest BCUT2D eigenvalue weighted by Crippen LogP contribution is -2.46. The molecular formula is C18H27F3N4O. The largest absolute Gasteiger partial charge is 0.390 e. The molecule has 0 bridgehead atoms. The number of ether oxygens (including phenoxy) is 1. The number of rotatable bonds is 6. The first kappa shape index (κ1) is 20.5. The van der Waals surface area contributed by atoms with Crippen LogP contribution in [0.5, 0.6) is 0 Å². The van der Waals surface area contributed by atoms with Crippen LogP contribution in [0.4, 0.5) is 13.2 Å². The Morgan fingerprint density at radius 1 is 1.19 bits per heavy atom. The fraction of sp³-hybridized carbons (Fsp3) is 0.611. The molecule has 146 valence electrons. The lowest BCUT2D eigenvalue weighted by molar-refractivity contribution is -0.132. The maximum Gasteiger partial charge on any atom is 0.390 e. The van der Waals surface area contributed by atoms with E-state index in [-0.39, 0.29) is 12.6 Å². The predicted molar refractivity (Wildman–Crippen MR) is 96.3 cm³/mol. The van der Waals surface area contributed by atoms with E-state index in [1.54, 1.807) is 7.05 Å². The molecule has 1 heterocycles. The summed E-state index contributed by atoms with van der Waals surface area (Å²) in [5.41, 5.74) is 2.35. The molecular weight excluding hydrogens is 345 g/mol. The van der Waals surface area contributed by atoms with Gasteiger partial charge in [0.05, 0.1) is 25.7 Å². The third kappa shape index (κ3) is 6.84. The van der Waals surface area contributed by atoms with Crippen molar-refractivity contribution in [3.05, 3.63) is 35.4 Å². The third-order valence-electron chi connectivity index (χ3n) is 4.34. The Balaban J connectivity index is 1.97. The molecule has 1 aromatic rings. The molecule has 1 saturated heterocycles. The smallest absolute Gasteiger partial charge is 0.379 e. The zero-order valence-electron chi connectivity index (χ0n) is 15.3. The van der Waals surface area contributed by atoms with Gasteiger partial charge in [0, 0.05) is 33.2 Å². The summed E-state index contributed by atoms with van der Waals surface area (Å²) in [7, 11) is 1.55. The molecule has 0 spiro atoms. The number of aliphatic imine (C=N–C) groups is 1. The zero-order chi connectivity index (χ0) is 19.0. The van der Waals surface area contributed by atoms with E-state index in [9.17, 15) is 13.2 Å². The van der Waals surface area contributed by atoms with Crippen molar-refractivity contribution in [3.63, 3.8) is 0 Å². The Morgan fingerprint density at radius 3 is 2.42 bits per heavy atom. The monoisotopic (exact) mass is 372 g/mol. The molecule has 1 aliphatic heterocycles. The predicted octanol–water partition coefficient (Wildman–Crippen LogP) is 2.49. The van der Waals surface area contributed by atoms with Crippen molar-refractivity contribution in [1.29, 1.82) is 0 Å². The van der Waals surface area contributed by atoms with Crippen molar-refractivity contribution in [2.45, 2.75) is 25.6 Å². The van der Waals surface area contributed by atoms with E-state index >= 15 is 0 Å². The van der Waals surface area contributed by atoms with Crippen molar-refractivity contribution in [2.24, 2.45) is 4.99 Å². The molecule has 0 amide bonds. The molecule has 8 heteroatoms. The summed E-state index contributed by atoms with van der Waals surface area (Å²) >= 11 is 0. The van der Waals surface area contributed by atoms with Gasteiger partial charge in [0.25, 0.3) is 0 Å². The van der Waals surface area contributed by atoms with Crippen LogP contribution in [-0.4, -0.2) is 63.5 Å². The topological polar surface area (TPSA) is 48.9 Å². The average molecular weight is 372 g/mol. The van der Waals surface area contributed by atoms with Crippen molar-refractivity contribution in [1.82, 2.24) is 15.5 Å². The first-order chi connectivity index (χ1) is 12.4. The molecule has 0 aromatic heterocycles. The third-order valence-corrected chi connectivity index (χ3v) is 4.34. The summed E-state index contributed by atoms with van der Waals surface area (Å²) in [4.78, 5) is 6.34. The molecule has 2 N–H and O–H groups in total. The van der Waals surface area contributed by atoms with E-state index in [0.29, 0.717) is 25.7 Å². The SMILES string of the molecule is CN=C(NCCC(F)(F)F)NCC(c1ccc(C)cc1)N1CCOCC1. The lowest BCUT2D eigenvalue weighted by atomic mass is 10.0. The minimum atomic E-state index is -4.18. The van der Waals surface area contributed by atoms with Gasteiger partial charge in [-0.1, -0.05) is 29.8 Å². The molecule has 26 heavy (non-hydrogen) atoms. The number of benzene rings is 1. The highest BCUT2D eigenvalue weighted by Crippen LogP contribution is 2.22.